The van der Waals surface area contributed by atoms with Crippen molar-refractivity contribution in [2.24, 2.45) is 0 Å². The van der Waals surface area contributed by atoms with Gasteiger partial charge < -0.3 is 0 Å². The summed E-state index contributed by atoms with van der Waals surface area (Å²) >= 11 is 11.9. The van der Waals surface area contributed by atoms with Crippen LogP contribution in [0.1, 0.15) is 11.1 Å². The molecule has 0 aliphatic rings. The summed E-state index contributed by atoms with van der Waals surface area (Å²) in [6.07, 6.45) is 1.55. The summed E-state index contributed by atoms with van der Waals surface area (Å²) < 4.78 is 0. The van der Waals surface area contributed by atoms with Crippen LogP contribution in [0.5, 0.6) is 0 Å². The fourth-order valence-corrected chi connectivity index (χ4v) is 2.29. The number of halogens is 2. The number of benzene rings is 2. The summed E-state index contributed by atoms with van der Waals surface area (Å²) in [5.74, 6) is 0. The average molecular weight is 296 g/mol. The molecule has 0 N–H and O–H groups in total. The van der Waals surface area contributed by atoms with E-state index in [-0.39, 0.29) is 5.69 Å². The maximum Gasteiger partial charge on any atom is 0.269 e. The Morgan fingerprint density at radius 3 is 2.26 bits per heavy atom. The minimum atomic E-state index is -0.403. The smallest absolute Gasteiger partial charge is 0.258 e. The van der Waals surface area contributed by atoms with Crippen molar-refractivity contribution in [1.82, 2.24) is 0 Å². The Morgan fingerprint density at radius 1 is 1.00 bits per heavy atom. The van der Waals surface area contributed by atoms with Crippen molar-refractivity contribution in [3.8, 4) is 0 Å². The minimum Gasteiger partial charge on any atom is -0.258 e. The highest BCUT2D eigenvalue weighted by Gasteiger charge is 2.05. The van der Waals surface area contributed by atoms with Crippen LogP contribution in [-0.4, -0.2) is 4.92 Å². The van der Waals surface area contributed by atoms with Gasteiger partial charge in [-0.3, -0.25) is 10.1 Å². The molecular formula is C14H11Cl2NO2. The summed E-state index contributed by atoms with van der Waals surface area (Å²) in [6, 6.07) is 12.0. The van der Waals surface area contributed by atoms with Gasteiger partial charge in [0.05, 0.1) is 4.92 Å². The SMILES string of the molecule is O=[N+]([O-])c1ccc(CCc2ccc(Cl)cc2Cl)cc1. The third kappa shape index (κ3) is 3.69. The number of aryl methyl sites for hydroxylation is 2. The Morgan fingerprint density at radius 2 is 1.68 bits per heavy atom. The first-order valence-corrected chi connectivity index (χ1v) is 6.49. The third-order valence-electron chi connectivity index (χ3n) is 2.85. The minimum absolute atomic E-state index is 0.105. The van der Waals surface area contributed by atoms with Gasteiger partial charge >= 0.3 is 0 Å². The molecular weight excluding hydrogens is 285 g/mol. The average Bonchev–Trinajstić information content (AvgIpc) is 2.38. The number of non-ortho nitro benzene ring substituents is 1. The summed E-state index contributed by atoms with van der Waals surface area (Å²) in [5.41, 5.74) is 2.16. The van der Waals surface area contributed by atoms with Crippen LogP contribution in [0.25, 0.3) is 0 Å². The molecule has 0 radical (unpaired) electrons. The zero-order valence-electron chi connectivity index (χ0n) is 9.98. The molecule has 5 heteroatoms. The molecule has 0 atom stereocenters. The summed E-state index contributed by atoms with van der Waals surface area (Å²) in [6.45, 7) is 0. The van der Waals surface area contributed by atoms with Gasteiger partial charge in [-0.2, -0.15) is 0 Å². The number of hydrogen-bond donors (Lipinski definition) is 0. The highest BCUT2D eigenvalue weighted by Crippen LogP contribution is 2.22. The van der Waals surface area contributed by atoms with Crippen LogP contribution in [0.2, 0.25) is 10.0 Å². The molecule has 0 heterocycles. The molecule has 2 rings (SSSR count). The van der Waals surface area contributed by atoms with E-state index in [2.05, 4.69) is 0 Å². The van der Waals surface area contributed by atoms with Gasteiger partial charge in [0.2, 0.25) is 0 Å². The van der Waals surface area contributed by atoms with Crippen molar-refractivity contribution in [3.63, 3.8) is 0 Å². The number of nitro groups is 1. The molecule has 0 saturated carbocycles. The van der Waals surface area contributed by atoms with Crippen molar-refractivity contribution >= 4 is 28.9 Å². The molecule has 0 aliphatic carbocycles. The van der Waals surface area contributed by atoms with E-state index in [0.29, 0.717) is 10.0 Å². The molecule has 0 aromatic heterocycles. The summed E-state index contributed by atoms with van der Waals surface area (Å²) in [5, 5.41) is 11.8. The molecule has 0 spiro atoms. The Balaban J connectivity index is 2.04. The van der Waals surface area contributed by atoms with E-state index >= 15 is 0 Å². The van der Waals surface area contributed by atoms with Gasteiger partial charge in [0.15, 0.2) is 0 Å². The van der Waals surface area contributed by atoms with Gasteiger partial charge in [0.1, 0.15) is 0 Å². The molecule has 0 amide bonds. The van der Waals surface area contributed by atoms with Crippen molar-refractivity contribution in [3.05, 3.63) is 73.8 Å². The normalized spacial score (nSPS) is 10.4. The fourth-order valence-electron chi connectivity index (χ4n) is 1.79. The maximum atomic E-state index is 10.5. The number of hydrogen-bond acceptors (Lipinski definition) is 2. The van der Waals surface area contributed by atoms with Gasteiger partial charge in [0.25, 0.3) is 5.69 Å². The van der Waals surface area contributed by atoms with Crippen molar-refractivity contribution < 1.29 is 4.92 Å². The molecule has 19 heavy (non-hydrogen) atoms. The van der Waals surface area contributed by atoms with Gasteiger partial charge in [0, 0.05) is 22.2 Å². The number of nitrogens with zero attached hydrogens (tertiary/aromatic N) is 1. The quantitative estimate of drug-likeness (QED) is 0.607. The van der Waals surface area contributed by atoms with E-state index < -0.39 is 4.92 Å². The van der Waals surface area contributed by atoms with Crippen LogP contribution < -0.4 is 0 Å². The van der Waals surface area contributed by atoms with Gasteiger partial charge in [-0.25, -0.2) is 0 Å². The van der Waals surface area contributed by atoms with E-state index in [4.69, 9.17) is 23.2 Å². The van der Waals surface area contributed by atoms with E-state index in [9.17, 15) is 10.1 Å². The lowest BCUT2D eigenvalue weighted by Gasteiger charge is -2.05. The molecule has 0 saturated heterocycles. The summed E-state index contributed by atoms with van der Waals surface area (Å²) in [7, 11) is 0. The van der Waals surface area contributed by atoms with Crippen LogP contribution in [0.15, 0.2) is 42.5 Å². The first kappa shape index (κ1) is 13.8. The van der Waals surface area contributed by atoms with Crippen LogP contribution in [0.3, 0.4) is 0 Å². The predicted octanol–water partition coefficient (Wildman–Crippen LogP) is 4.69. The molecule has 2 aromatic carbocycles. The van der Waals surface area contributed by atoms with Gasteiger partial charge in [-0.1, -0.05) is 41.4 Å². The predicted molar refractivity (Wildman–Crippen MR) is 77.0 cm³/mol. The fraction of sp³-hybridized carbons (Fsp3) is 0.143. The van der Waals surface area contributed by atoms with Crippen LogP contribution in [0.4, 0.5) is 5.69 Å². The molecule has 0 unspecified atom stereocenters. The van der Waals surface area contributed by atoms with E-state index in [1.165, 1.54) is 12.1 Å². The lowest BCUT2D eigenvalue weighted by atomic mass is 10.0. The molecule has 2 aromatic rings. The Kier molecular flexibility index (Phi) is 4.40. The topological polar surface area (TPSA) is 43.1 Å². The Labute approximate surface area is 120 Å². The highest BCUT2D eigenvalue weighted by molar-refractivity contribution is 6.35. The number of rotatable bonds is 4. The molecule has 0 fully saturated rings. The highest BCUT2D eigenvalue weighted by atomic mass is 35.5. The van der Waals surface area contributed by atoms with Crippen molar-refractivity contribution in [2.75, 3.05) is 0 Å². The van der Waals surface area contributed by atoms with Gasteiger partial charge in [-0.05, 0) is 36.1 Å². The molecule has 98 valence electrons. The second-order valence-corrected chi connectivity index (χ2v) is 5.00. The second kappa shape index (κ2) is 6.04. The second-order valence-electron chi connectivity index (χ2n) is 4.16. The summed E-state index contributed by atoms with van der Waals surface area (Å²) in [4.78, 5) is 10.1. The van der Waals surface area contributed by atoms with Crippen LogP contribution in [-0.2, 0) is 12.8 Å². The largest absolute Gasteiger partial charge is 0.269 e. The van der Waals surface area contributed by atoms with Gasteiger partial charge in [-0.15, -0.1) is 0 Å². The third-order valence-corrected chi connectivity index (χ3v) is 3.43. The number of nitro benzene ring substituents is 1. The standard InChI is InChI=1S/C14H11Cl2NO2/c15-12-6-5-11(14(16)9-12)4-1-10-2-7-13(8-3-10)17(18)19/h2-3,5-9H,1,4H2. The van der Waals surface area contributed by atoms with E-state index in [1.807, 2.05) is 6.07 Å². The molecule has 0 aliphatic heterocycles. The molecule has 3 nitrogen and oxygen atoms in total. The monoisotopic (exact) mass is 295 g/mol. The zero-order chi connectivity index (χ0) is 13.8. The Bertz CT molecular complexity index is 597. The lowest BCUT2D eigenvalue weighted by molar-refractivity contribution is -0.384. The Hall–Kier alpha value is -1.58. The van der Waals surface area contributed by atoms with Crippen LogP contribution >= 0.6 is 23.2 Å². The lowest BCUT2D eigenvalue weighted by Crippen LogP contribution is -1.93. The molecule has 0 bridgehead atoms. The van der Waals surface area contributed by atoms with E-state index in [0.717, 1.165) is 24.0 Å². The van der Waals surface area contributed by atoms with Crippen LogP contribution in [0, 0.1) is 10.1 Å². The first-order valence-electron chi connectivity index (χ1n) is 5.73. The first-order chi connectivity index (χ1) is 9.06. The van der Waals surface area contributed by atoms with E-state index in [1.54, 1.807) is 24.3 Å². The van der Waals surface area contributed by atoms with Crippen molar-refractivity contribution in [1.29, 1.82) is 0 Å². The maximum absolute atomic E-state index is 10.5. The van der Waals surface area contributed by atoms with Crippen molar-refractivity contribution in [2.45, 2.75) is 12.8 Å². The zero-order valence-corrected chi connectivity index (χ0v) is 11.5.